The Balaban J connectivity index is 1.03. The Bertz CT molecular complexity index is 3160. The lowest BCUT2D eigenvalue weighted by Crippen LogP contribution is -2.45. The minimum Gasteiger partial charge on any atom is -0.350 e. The Morgan fingerprint density at radius 1 is 0.318 bits per heavy atom. The minimum atomic E-state index is -0.287. The van der Waals surface area contributed by atoms with Crippen molar-refractivity contribution in [3.05, 3.63) is 271 Å². The third-order valence-electron chi connectivity index (χ3n) is 12.4. The van der Waals surface area contributed by atoms with Crippen LogP contribution in [-0.2, 0) is 0 Å². The summed E-state index contributed by atoms with van der Waals surface area (Å²) < 4.78 is 0. The zero-order chi connectivity index (χ0) is 44.1. The molecule has 9 aromatic carbocycles. The number of aliphatic imine (C=N–C) groups is 1. The average molecular weight is 847 g/mol. The maximum Gasteiger partial charge on any atom is 0.131 e. The van der Waals surface area contributed by atoms with Crippen LogP contribution < -0.4 is 10.6 Å². The topological polar surface area (TPSA) is 49.3 Å². The lowest BCUT2D eigenvalue weighted by atomic mass is 9.83. The van der Waals surface area contributed by atoms with Crippen molar-refractivity contribution < 1.29 is 0 Å². The Kier molecular flexibility index (Phi) is 11.2. The third kappa shape index (κ3) is 8.14. The summed E-state index contributed by atoms with van der Waals surface area (Å²) in [5.41, 5.74) is 18.6. The van der Waals surface area contributed by atoms with Crippen LogP contribution in [0.2, 0.25) is 0 Å². The van der Waals surface area contributed by atoms with Crippen LogP contribution in [0.1, 0.15) is 29.0 Å². The Morgan fingerprint density at radius 3 is 1.29 bits per heavy atom. The molecule has 0 aliphatic carbocycles. The number of aromatic nitrogens is 1. The highest BCUT2D eigenvalue weighted by Crippen LogP contribution is 2.49. The summed E-state index contributed by atoms with van der Waals surface area (Å²) in [5.74, 6) is 0.854. The van der Waals surface area contributed by atoms with Crippen molar-refractivity contribution in [2.24, 2.45) is 4.99 Å². The van der Waals surface area contributed by atoms with E-state index < -0.39 is 0 Å². The Labute approximate surface area is 386 Å². The summed E-state index contributed by atoms with van der Waals surface area (Å²) in [5, 5.41) is 7.65. The fourth-order valence-electron chi connectivity index (χ4n) is 9.23. The number of amidine groups is 1. The molecule has 11 rings (SSSR count). The van der Waals surface area contributed by atoms with E-state index in [9.17, 15) is 0 Å². The fourth-order valence-corrected chi connectivity index (χ4v) is 9.23. The van der Waals surface area contributed by atoms with Gasteiger partial charge in [0, 0.05) is 33.4 Å². The maximum atomic E-state index is 5.62. The largest absolute Gasteiger partial charge is 0.350 e. The van der Waals surface area contributed by atoms with Crippen LogP contribution in [0.15, 0.2) is 260 Å². The van der Waals surface area contributed by atoms with Gasteiger partial charge >= 0.3 is 0 Å². The molecule has 0 amide bonds. The first-order chi connectivity index (χ1) is 32.7. The monoisotopic (exact) mass is 846 g/mol. The van der Waals surface area contributed by atoms with E-state index in [1.54, 1.807) is 0 Å². The van der Waals surface area contributed by atoms with Gasteiger partial charge < -0.3 is 5.32 Å². The lowest BCUT2D eigenvalue weighted by molar-refractivity contribution is 0.409. The first-order valence-electron chi connectivity index (χ1n) is 22.6. The van der Waals surface area contributed by atoms with E-state index in [4.69, 9.17) is 9.98 Å². The number of pyridine rings is 1. The van der Waals surface area contributed by atoms with E-state index in [1.807, 2.05) is 6.07 Å². The standard InChI is InChI=1S/C62H46N4/c1-7-22-44(23-8-1)53-36-19-20-37-54(53)62-65-60(50-32-17-6-18-33-50)64-61(66-62)52-35-21-34-51(42-52)43-38-40-47(41-39-43)55-56(45-24-9-2-10-25-45)58(48-28-13-4-14-29-48)63-59(49-30-15-5-16-31-49)57(55)46-26-11-3-12-27-46/h1-42,61-62,66H,(H,64,65). The predicted molar refractivity (Wildman–Crippen MR) is 273 cm³/mol. The average Bonchev–Trinajstić information content (AvgIpc) is 3.41. The molecule has 4 heteroatoms. The van der Waals surface area contributed by atoms with Gasteiger partial charge in [-0.25, -0.2) is 9.98 Å². The fraction of sp³-hybridized carbons (Fsp3) is 0.0323. The third-order valence-corrected chi connectivity index (χ3v) is 12.4. The van der Waals surface area contributed by atoms with Crippen LogP contribution in [-0.4, -0.2) is 10.8 Å². The summed E-state index contributed by atoms with van der Waals surface area (Å²) in [4.78, 5) is 10.9. The second-order valence-corrected chi connectivity index (χ2v) is 16.5. The van der Waals surface area contributed by atoms with Gasteiger partial charge in [-0.05, 0) is 56.1 Å². The summed E-state index contributed by atoms with van der Waals surface area (Å²) in [6, 6.07) is 90.1. The second kappa shape index (κ2) is 18.3. The molecule has 4 nitrogen and oxygen atoms in total. The molecule has 0 radical (unpaired) electrons. The van der Waals surface area contributed by atoms with Crippen LogP contribution in [0.5, 0.6) is 0 Å². The SMILES string of the molecule is c1ccc(C2=NC(c3ccccc3-c3ccccc3)NC(c3cccc(-c4ccc(-c5c(-c6ccccc6)c(-c6ccccc6)nc(-c6ccccc6)c5-c5ccccc5)cc4)c3)N2)cc1. The van der Waals surface area contributed by atoms with E-state index in [2.05, 4.69) is 259 Å². The highest BCUT2D eigenvalue weighted by molar-refractivity contribution is 6.05. The number of rotatable bonds is 10. The van der Waals surface area contributed by atoms with Crippen LogP contribution in [0.25, 0.3) is 78.1 Å². The van der Waals surface area contributed by atoms with Gasteiger partial charge in [-0.1, -0.05) is 249 Å². The smallest absolute Gasteiger partial charge is 0.131 e. The normalized spacial score (nSPS) is 14.5. The molecule has 0 fully saturated rings. The molecule has 1 aliphatic rings. The van der Waals surface area contributed by atoms with Gasteiger partial charge in [-0.15, -0.1) is 0 Å². The summed E-state index contributed by atoms with van der Waals surface area (Å²) in [6.45, 7) is 0. The molecular weight excluding hydrogens is 801 g/mol. The van der Waals surface area contributed by atoms with E-state index in [1.165, 1.54) is 0 Å². The first-order valence-corrected chi connectivity index (χ1v) is 22.6. The highest BCUT2D eigenvalue weighted by atomic mass is 15.3. The number of hydrogen-bond donors (Lipinski definition) is 2. The van der Waals surface area contributed by atoms with Crippen molar-refractivity contribution in [2.45, 2.75) is 12.3 Å². The zero-order valence-corrected chi connectivity index (χ0v) is 36.3. The number of nitrogens with one attached hydrogen (secondary N) is 2. The number of benzene rings is 9. The Hall–Kier alpha value is -8.44. The molecular formula is C62H46N4. The predicted octanol–water partition coefficient (Wildman–Crippen LogP) is 15.1. The van der Waals surface area contributed by atoms with Crippen LogP contribution in [0, 0.1) is 0 Å². The van der Waals surface area contributed by atoms with Gasteiger partial charge in [0.05, 0.1) is 11.4 Å². The van der Waals surface area contributed by atoms with Gasteiger partial charge in [0.15, 0.2) is 0 Å². The van der Waals surface area contributed by atoms with Gasteiger partial charge in [-0.2, -0.15) is 0 Å². The molecule has 66 heavy (non-hydrogen) atoms. The molecule has 1 aliphatic heterocycles. The van der Waals surface area contributed by atoms with Crippen LogP contribution in [0.3, 0.4) is 0 Å². The van der Waals surface area contributed by atoms with Gasteiger partial charge in [-0.3, -0.25) is 5.32 Å². The second-order valence-electron chi connectivity index (χ2n) is 16.5. The molecule has 10 aromatic rings. The van der Waals surface area contributed by atoms with Gasteiger partial charge in [0.25, 0.3) is 0 Å². The van der Waals surface area contributed by atoms with Crippen molar-refractivity contribution in [3.8, 4) is 78.1 Å². The van der Waals surface area contributed by atoms with Gasteiger partial charge in [0.2, 0.25) is 0 Å². The number of nitrogens with zero attached hydrogens (tertiary/aromatic N) is 2. The molecule has 2 unspecified atom stereocenters. The van der Waals surface area contributed by atoms with E-state index in [-0.39, 0.29) is 12.3 Å². The molecule has 1 aromatic heterocycles. The summed E-state index contributed by atoms with van der Waals surface area (Å²) in [7, 11) is 0. The molecule has 0 spiro atoms. The van der Waals surface area contributed by atoms with Crippen molar-refractivity contribution >= 4 is 5.84 Å². The first kappa shape index (κ1) is 40.3. The molecule has 2 heterocycles. The molecule has 2 N–H and O–H groups in total. The molecule has 2 atom stereocenters. The molecule has 0 saturated carbocycles. The maximum absolute atomic E-state index is 5.62. The van der Waals surface area contributed by atoms with Crippen molar-refractivity contribution in [1.82, 2.24) is 15.6 Å². The van der Waals surface area contributed by atoms with Crippen molar-refractivity contribution in [2.75, 3.05) is 0 Å². The summed E-state index contributed by atoms with van der Waals surface area (Å²) in [6.07, 6.45) is -0.498. The summed E-state index contributed by atoms with van der Waals surface area (Å²) >= 11 is 0. The van der Waals surface area contributed by atoms with E-state index in [0.29, 0.717) is 0 Å². The van der Waals surface area contributed by atoms with Crippen LogP contribution >= 0.6 is 0 Å². The quantitative estimate of drug-likeness (QED) is 0.144. The molecule has 0 bridgehead atoms. The van der Waals surface area contributed by atoms with Crippen LogP contribution in [0.4, 0.5) is 0 Å². The van der Waals surface area contributed by atoms with Gasteiger partial charge in [0.1, 0.15) is 18.2 Å². The molecule has 314 valence electrons. The van der Waals surface area contributed by atoms with E-state index in [0.717, 1.165) is 101 Å². The molecule has 0 saturated heterocycles. The zero-order valence-electron chi connectivity index (χ0n) is 36.3. The number of hydrogen-bond acceptors (Lipinski definition) is 4. The Morgan fingerprint density at radius 2 is 0.742 bits per heavy atom. The van der Waals surface area contributed by atoms with Crippen molar-refractivity contribution in [1.29, 1.82) is 0 Å². The van der Waals surface area contributed by atoms with E-state index >= 15 is 0 Å². The minimum absolute atomic E-state index is 0.211. The van der Waals surface area contributed by atoms with Crippen molar-refractivity contribution in [3.63, 3.8) is 0 Å². The highest BCUT2D eigenvalue weighted by Gasteiger charge is 2.28. The lowest BCUT2D eigenvalue weighted by Gasteiger charge is -2.33.